The van der Waals surface area contributed by atoms with Gasteiger partial charge in [-0.2, -0.15) is 0 Å². The number of nitrogens with one attached hydrogen (secondary N) is 2. The van der Waals surface area contributed by atoms with Crippen LogP contribution in [0.1, 0.15) is 32.6 Å². The number of carbonyl (C=O) groups excluding carboxylic acids is 2. The number of methoxy groups -OCH3 is 1. The molecule has 2 saturated carbocycles. The van der Waals surface area contributed by atoms with Gasteiger partial charge in [-0.25, -0.2) is 0 Å². The third-order valence-electron chi connectivity index (χ3n) is 6.65. The highest BCUT2D eigenvalue weighted by atomic mass is 16.5. The predicted octanol–water partition coefficient (Wildman–Crippen LogP) is 0.308. The Morgan fingerprint density at radius 2 is 1.70 bits per heavy atom. The van der Waals surface area contributed by atoms with Crippen LogP contribution in [0.3, 0.4) is 0 Å². The zero-order valence-corrected chi connectivity index (χ0v) is 16.9. The first-order chi connectivity index (χ1) is 13.0. The molecule has 2 N–H and O–H groups in total. The summed E-state index contributed by atoms with van der Waals surface area (Å²) in [5, 5.41) is 6.11. The van der Waals surface area contributed by atoms with Gasteiger partial charge in [0, 0.05) is 45.9 Å². The normalized spacial score (nSPS) is 29.6. The van der Waals surface area contributed by atoms with E-state index in [1.807, 2.05) is 0 Å². The van der Waals surface area contributed by atoms with Gasteiger partial charge in [0.2, 0.25) is 11.8 Å². The fourth-order valence-electron chi connectivity index (χ4n) is 5.17. The molecular weight excluding hydrogens is 344 g/mol. The number of piperazine rings is 1. The van der Waals surface area contributed by atoms with Crippen LogP contribution >= 0.6 is 0 Å². The summed E-state index contributed by atoms with van der Waals surface area (Å²) in [5.74, 6) is 2.62. The quantitative estimate of drug-likeness (QED) is 0.563. The maximum Gasteiger partial charge on any atom is 0.234 e. The first kappa shape index (κ1) is 20.6. The maximum absolute atomic E-state index is 12.4. The lowest BCUT2D eigenvalue weighted by atomic mass is 9.84. The zero-order chi connectivity index (χ0) is 19.2. The number of carbonyl (C=O) groups is 2. The smallest absolute Gasteiger partial charge is 0.234 e. The Balaban J connectivity index is 1.30. The van der Waals surface area contributed by atoms with Gasteiger partial charge in [-0.05, 0) is 43.9 Å². The van der Waals surface area contributed by atoms with Gasteiger partial charge < -0.3 is 15.4 Å². The molecule has 0 radical (unpaired) electrons. The van der Waals surface area contributed by atoms with E-state index in [1.54, 1.807) is 7.11 Å². The summed E-state index contributed by atoms with van der Waals surface area (Å²) in [5.41, 5.74) is 0. The van der Waals surface area contributed by atoms with Crippen molar-refractivity contribution in [2.24, 2.45) is 17.8 Å². The van der Waals surface area contributed by atoms with Crippen LogP contribution in [-0.2, 0) is 14.3 Å². The van der Waals surface area contributed by atoms with Gasteiger partial charge in [-0.3, -0.25) is 19.4 Å². The summed E-state index contributed by atoms with van der Waals surface area (Å²) < 4.78 is 4.93. The van der Waals surface area contributed by atoms with Crippen LogP contribution < -0.4 is 10.6 Å². The van der Waals surface area contributed by atoms with E-state index >= 15 is 0 Å². The van der Waals surface area contributed by atoms with Crippen LogP contribution in [-0.4, -0.2) is 87.2 Å². The van der Waals surface area contributed by atoms with Crippen LogP contribution in [0.15, 0.2) is 0 Å². The second-order valence-electron chi connectivity index (χ2n) is 8.59. The molecule has 2 bridgehead atoms. The molecular formula is C20H36N4O3. The minimum Gasteiger partial charge on any atom is -0.383 e. The van der Waals surface area contributed by atoms with E-state index < -0.39 is 0 Å². The number of rotatable bonds is 9. The van der Waals surface area contributed by atoms with Crippen LogP contribution in [0.4, 0.5) is 0 Å². The summed E-state index contributed by atoms with van der Waals surface area (Å²) in [6.07, 6.45) is 5.44. The largest absolute Gasteiger partial charge is 0.383 e. The average molecular weight is 381 g/mol. The molecule has 154 valence electrons. The Bertz CT molecular complexity index is 507. The van der Waals surface area contributed by atoms with Gasteiger partial charge in [0.25, 0.3) is 0 Å². The third-order valence-corrected chi connectivity index (χ3v) is 6.65. The molecule has 0 aromatic heterocycles. The van der Waals surface area contributed by atoms with Gasteiger partial charge >= 0.3 is 0 Å². The van der Waals surface area contributed by atoms with Gasteiger partial charge in [0.1, 0.15) is 0 Å². The van der Waals surface area contributed by atoms with E-state index in [0.717, 1.165) is 38.0 Å². The standard InChI is InChI=1S/C20H36N4O3/c1-15(18-12-16-3-4-17(18)11-16)22-20(26)14-24-8-6-23(7-9-24)13-19(25)21-5-10-27-2/h15-18H,3-14H2,1-2H3,(H,21,25)(H,22,26). The second-order valence-corrected chi connectivity index (χ2v) is 8.59. The fourth-order valence-corrected chi connectivity index (χ4v) is 5.17. The Morgan fingerprint density at radius 1 is 1.04 bits per heavy atom. The molecule has 0 spiro atoms. The van der Waals surface area contributed by atoms with E-state index in [2.05, 4.69) is 27.4 Å². The summed E-state index contributed by atoms with van der Waals surface area (Å²) in [7, 11) is 1.63. The maximum atomic E-state index is 12.4. The van der Waals surface area contributed by atoms with Crippen molar-refractivity contribution >= 4 is 11.8 Å². The van der Waals surface area contributed by atoms with Crippen molar-refractivity contribution in [3.05, 3.63) is 0 Å². The highest BCUT2D eigenvalue weighted by Gasteiger charge is 2.42. The summed E-state index contributed by atoms with van der Waals surface area (Å²) >= 11 is 0. The first-order valence-corrected chi connectivity index (χ1v) is 10.5. The van der Waals surface area contributed by atoms with Crippen molar-refractivity contribution in [3.8, 4) is 0 Å². The topological polar surface area (TPSA) is 73.9 Å². The average Bonchev–Trinajstić information content (AvgIpc) is 3.27. The number of amides is 2. The number of fused-ring (bicyclic) bond motifs is 2. The highest BCUT2D eigenvalue weighted by molar-refractivity contribution is 5.78. The minimum absolute atomic E-state index is 0.0397. The molecule has 0 aromatic rings. The molecule has 3 aliphatic rings. The molecule has 1 heterocycles. The molecule has 4 unspecified atom stereocenters. The van der Waals surface area contributed by atoms with E-state index in [4.69, 9.17) is 4.74 Å². The second kappa shape index (κ2) is 9.85. The molecule has 27 heavy (non-hydrogen) atoms. The predicted molar refractivity (Wildman–Crippen MR) is 104 cm³/mol. The van der Waals surface area contributed by atoms with Crippen molar-refractivity contribution in [2.75, 3.05) is 59.5 Å². The summed E-state index contributed by atoms with van der Waals surface area (Å²) in [6, 6.07) is 0.296. The van der Waals surface area contributed by atoms with Gasteiger partial charge in [-0.15, -0.1) is 0 Å². The molecule has 7 heteroatoms. The van der Waals surface area contributed by atoms with Crippen molar-refractivity contribution < 1.29 is 14.3 Å². The molecule has 1 saturated heterocycles. The lowest BCUT2D eigenvalue weighted by molar-refractivity contribution is -0.125. The summed E-state index contributed by atoms with van der Waals surface area (Å²) in [6.45, 7) is 7.49. The van der Waals surface area contributed by atoms with Crippen LogP contribution in [0.2, 0.25) is 0 Å². The Morgan fingerprint density at radius 3 is 2.26 bits per heavy atom. The Kier molecular flexibility index (Phi) is 7.49. The number of hydrogen-bond donors (Lipinski definition) is 2. The van der Waals surface area contributed by atoms with Gasteiger partial charge in [-0.1, -0.05) is 6.42 Å². The molecule has 3 fully saturated rings. The van der Waals surface area contributed by atoms with Crippen LogP contribution in [0, 0.1) is 17.8 Å². The lowest BCUT2D eigenvalue weighted by Gasteiger charge is -2.34. The monoisotopic (exact) mass is 380 g/mol. The first-order valence-electron chi connectivity index (χ1n) is 10.5. The van der Waals surface area contributed by atoms with Crippen LogP contribution in [0.5, 0.6) is 0 Å². The Hall–Kier alpha value is -1.18. The zero-order valence-electron chi connectivity index (χ0n) is 16.9. The van der Waals surface area contributed by atoms with E-state index in [0.29, 0.717) is 38.2 Å². The van der Waals surface area contributed by atoms with E-state index in [9.17, 15) is 9.59 Å². The van der Waals surface area contributed by atoms with Crippen molar-refractivity contribution in [2.45, 2.75) is 38.6 Å². The molecule has 3 rings (SSSR count). The molecule has 4 atom stereocenters. The van der Waals surface area contributed by atoms with Crippen molar-refractivity contribution in [1.82, 2.24) is 20.4 Å². The van der Waals surface area contributed by atoms with Crippen LogP contribution in [0.25, 0.3) is 0 Å². The molecule has 7 nitrogen and oxygen atoms in total. The lowest BCUT2D eigenvalue weighted by Crippen LogP contribution is -2.52. The number of ether oxygens (including phenoxy) is 1. The summed E-state index contributed by atoms with van der Waals surface area (Å²) in [4.78, 5) is 28.7. The van der Waals surface area contributed by atoms with E-state index in [1.165, 1.54) is 25.7 Å². The number of hydrogen-bond acceptors (Lipinski definition) is 5. The van der Waals surface area contributed by atoms with Crippen molar-refractivity contribution in [1.29, 1.82) is 0 Å². The molecule has 0 aromatic carbocycles. The highest BCUT2D eigenvalue weighted by Crippen LogP contribution is 2.49. The van der Waals surface area contributed by atoms with E-state index in [-0.39, 0.29) is 11.8 Å². The molecule has 1 aliphatic heterocycles. The molecule has 2 aliphatic carbocycles. The molecule has 2 amide bonds. The number of nitrogens with zero attached hydrogens (tertiary/aromatic N) is 2. The SMILES string of the molecule is COCCNC(=O)CN1CCN(CC(=O)NC(C)C2CC3CCC2C3)CC1. The Labute approximate surface area is 163 Å². The van der Waals surface area contributed by atoms with Crippen molar-refractivity contribution in [3.63, 3.8) is 0 Å². The third kappa shape index (κ3) is 5.90. The van der Waals surface area contributed by atoms with Gasteiger partial charge in [0.05, 0.1) is 19.7 Å². The minimum atomic E-state index is 0.0397. The van der Waals surface area contributed by atoms with Gasteiger partial charge in [0.15, 0.2) is 0 Å². The fraction of sp³-hybridized carbons (Fsp3) is 0.900.